The van der Waals surface area contributed by atoms with E-state index >= 15 is 0 Å². The molecule has 0 aromatic rings. The molecule has 1 unspecified atom stereocenters. The van der Waals surface area contributed by atoms with E-state index in [4.69, 9.17) is 0 Å². The number of hydrogen-bond donors (Lipinski definition) is 0. The molecular formula is C20H42N+. The lowest BCUT2D eigenvalue weighted by molar-refractivity contribution is -0.956. The first-order valence-corrected chi connectivity index (χ1v) is 10.0. The van der Waals surface area contributed by atoms with Gasteiger partial charge in [0, 0.05) is 12.8 Å². The molecule has 1 nitrogen and oxygen atoms in total. The summed E-state index contributed by atoms with van der Waals surface area (Å²) in [5.74, 6) is 0. The van der Waals surface area contributed by atoms with E-state index in [1.54, 1.807) is 0 Å². The summed E-state index contributed by atoms with van der Waals surface area (Å²) < 4.78 is 1.41. The fraction of sp³-hybridized carbons (Fsp3) is 1.00. The number of hydrogen-bond acceptors (Lipinski definition) is 0. The predicted octanol–water partition coefficient (Wildman–Crippen LogP) is 6.31. The summed E-state index contributed by atoms with van der Waals surface area (Å²) in [5.41, 5.74) is 0. The van der Waals surface area contributed by atoms with Crippen molar-refractivity contribution >= 4 is 0 Å². The van der Waals surface area contributed by atoms with Gasteiger partial charge < -0.3 is 4.48 Å². The Bertz CT molecular complexity index is 238. The van der Waals surface area contributed by atoms with Gasteiger partial charge in [-0.3, -0.25) is 0 Å². The molecule has 1 heterocycles. The highest BCUT2D eigenvalue weighted by Crippen LogP contribution is 2.33. The second kappa shape index (κ2) is 10.6. The van der Waals surface area contributed by atoms with E-state index in [0.29, 0.717) is 0 Å². The van der Waals surface area contributed by atoms with E-state index in [0.717, 1.165) is 12.1 Å². The van der Waals surface area contributed by atoms with Crippen molar-refractivity contribution in [2.75, 3.05) is 13.1 Å². The van der Waals surface area contributed by atoms with Crippen LogP contribution in [0.3, 0.4) is 0 Å². The molecule has 0 bridgehead atoms. The second-order valence-electron chi connectivity index (χ2n) is 7.60. The Kier molecular flexibility index (Phi) is 9.64. The second-order valence-corrected chi connectivity index (χ2v) is 7.60. The third kappa shape index (κ3) is 5.93. The smallest absolute Gasteiger partial charge is 0.0866 e. The van der Waals surface area contributed by atoms with E-state index in [-0.39, 0.29) is 0 Å². The number of quaternary nitrogens is 1. The van der Waals surface area contributed by atoms with E-state index in [2.05, 4.69) is 27.7 Å². The summed E-state index contributed by atoms with van der Waals surface area (Å²) in [6, 6.07) is 1.81. The molecule has 1 rings (SSSR count). The largest absolute Gasteiger partial charge is 0.319 e. The van der Waals surface area contributed by atoms with Crippen LogP contribution in [-0.4, -0.2) is 29.7 Å². The van der Waals surface area contributed by atoms with Crippen LogP contribution in [0.25, 0.3) is 0 Å². The maximum atomic E-state index is 2.49. The lowest BCUT2D eigenvalue weighted by Crippen LogP contribution is -2.55. The number of rotatable bonds is 12. The zero-order valence-electron chi connectivity index (χ0n) is 15.5. The summed E-state index contributed by atoms with van der Waals surface area (Å²) in [5, 5.41) is 0. The van der Waals surface area contributed by atoms with Crippen molar-refractivity contribution < 1.29 is 4.48 Å². The van der Waals surface area contributed by atoms with Gasteiger partial charge in [-0.2, -0.15) is 0 Å². The van der Waals surface area contributed by atoms with Crippen molar-refractivity contribution in [3.05, 3.63) is 0 Å². The molecule has 0 aliphatic carbocycles. The monoisotopic (exact) mass is 296 g/mol. The minimum Gasteiger partial charge on any atom is -0.319 e. The summed E-state index contributed by atoms with van der Waals surface area (Å²) in [7, 11) is 0. The number of unbranched alkanes of at least 4 members (excludes halogenated alkanes) is 9. The molecule has 0 radical (unpaired) electrons. The first kappa shape index (κ1) is 19.0. The van der Waals surface area contributed by atoms with Crippen molar-refractivity contribution in [2.45, 2.75) is 117 Å². The quantitative estimate of drug-likeness (QED) is 0.292. The van der Waals surface area contributed by atoms with Gasteiger partial charge in [0.15, 0.2) is 0 Å². The third-order valence-corrected chi connectivity index (χ3v) is 6.27. The van der Waals surface area contributed by atoms with Crippen LogP contribution in [0.1, 0.15) is 105 Å². The molecular weight excluding hydrogens is 254 g/mol. The van der Waals surface area contributed by atoms with Gasteiger partial charge in [-0.25, -0.2) is 0 Å². The minimum absolute atomic E-state index is 0.906. The van der Waals surface area contributed by atoms with Gasteiger partial charge in [-0.15, -0.1) is 0 Å². The van der Waals surface area contributed by atoms with Crippen LogP contribution in [-0.2, 0) is 0 Å². The maximum Gasteiger partial charge on any atom is 0.0866 e. The molecule has 1 aliphatic heterocycles. The Morgan fingerprint density at radius 2 is 1.10 bits per heavy atom. The predicted molar refractivity (Wildman–Crippen MR) is 95.7 cm³/mol. The van der Waals surface area contributed by atoms with E-state index in [1.807, 2.05) is 0 Å². The summed E-state index contributed by atoms with van der Waals surface area (Å²) in [6.45, 7) is 12.5. The highest BCUT2D eigenvalue weighted by Gasteiger charge is 2.42. The molecule has 0 saturated carbocycles. The topological polar surface area (TPSA) is 0 Å². The zero-order chi connectivity index (χ0) is 15.6. The number of nitrogens with zero attached hydrogens (tertiary/aromatic N) is 1. The van der Waals surface area contributed by atoms with Crippen molar-refractivity contribution in [3.8, 4) is 0 Å². The average molecular weight is 297 g/mol. The van der Waals surface area contributed by atoms with Crippen molar-refractivity contribution in [3.63, 3.8) is 0 Å². The van der Waals surface area contributed by atoms with Gasteiger partial charge >= 0.3 is 0 Å². The standard InChI is InChI=1S/C20H42N/c1-5-7-8-9-10-11-12-13-14-15-18-21(6-2)19(3)16-17-20(21)4/h19-20H,5-18H2,1-4H3/q+1/t19-,20+,21?. The molecule has 0 N–H and O–H groups in total. The van der Waals surface area contributed by atoms with Crippen LogP contribution in [0, 0.1) is 0 Å². The van der Waals surface area contributed by atoms with Gasteiger partial charge in [0.1, 0.15) is 0 Å². The molecule has 0 spiro atoms. The molecule has 1 heteroatoms. The number of likely N-dealkylation sites (tertiary alicyclic amines) is 1. The Balaban J connectivity index is 2.03. The third-order valence-electron chi connectivity index (χ3n) is 6.27. The molecule has 3 atom stereocenters. The lowest BCUT2D eigenvalue weighted by Gasteiger charge is -2.42. The van der Waals surface area contributed by atoms with Crippen molar-refractivity contribution in [2.24, 2.45) is 0 Å². The zero-order valence-corrected chi connectivity index (χ0v) is 15.5. The molecule has 0 amide bonds. The Labute approximate surface area is 135 Å². The summed E-state index contributed by atoms with van der Waals surface area (Å²) >= 11 is 0. The van der Waals surface area contributed by atoms with Crippen molar-refractivity contribution in [1.29, 1.82) is 0 Å². The van der Waals surface area contributed by atoms with E-state index in [9.17, 15) is 0 Å². The lowest BCUT2D eigenvalue weighted by atomic mass is 10.1. The van der Waals surface area contributed by atoms with Crippen LogP contribution in [0.15, 0.2) is 0 Å². The van der Waals surface area contributed by atoms with Crippen LogP contribution in [0.2, 0.25) is 0 Å². The van der Waals surface area contributed by atoms with Gasteiger partial charge in [0.25, 0.3) is 0 Å². The average Bonchev–Trinajstić information content (AvgIpc) is 2.77. The van der Waals surface area contributed by atoms with Crippen LogP contribution >= 0.6 is 0 Å². The minimum atomic E-state index is 0.906. The van der Waals surface area contributed by atoms with Gasteiger partial charge in [-0.05, 0) is 33.6 Å². The molecule has 0 aromatic heterocycles. The first-order valence-electron chi connectivity index (χ1n) is 10.0. The van der Waals surface area contributed by atoms with Crippen LogP contribution in [0.4, 0.5) is 0 Å². The highest BCUT2D eigenvalue weighted by atomic mass is 15.4. The Morgan fingerprint density at radius 3 is 1.52 bits per heavy atom. The molecule has 1 saturated heterocycles. The molecule has 0 aromatic carbocycles. The van der Waals surface area contributed by atoms with E-state index in [1.165, 1.54) is 94.6 Å². The SMILES string of the molecule is CCCCCCCCCCCC[N+]1(CC)[C@H](C)CC[C@@H]1C. The van der Waals surface area contributed by atoms with Crippen molar-refractivity contribution in [1.82, 2.24) is 0 Å². The van der Waals surface area contributed by atoms with Gasteiger partial charge in [-0.1, -0.05) is 58.3 Å². The molecule has 126 valence electrons. The maximum absolute atomic E-state index is 2.49. The van der Waals surface area contributed by atoms with Crippen LogP contribution < -0.4 is 0 Å². The Hall–Kier alpha value is -0.0400. The van der Waals surface area contributed by atoms with E-state index < -0.39 is 0 Å². The fourth-order valence-electron chi connectivity index (χ4n) is 4.55. The van der Waals surface area contributed by atoms with Gasteiger partial charge in [0.2, 0.25) is 0 Å². The fourth-order valence-corrected chi connectivity index (χ4v) is 4.55. The molecule has 21 heavy (non-hydrogen) atoms. The normalized spacial score (nSPS) is 29.1. The first-order chi connectivity index (χ1) is 10.2. The van der Waals surface area contributed by atoms with Gasteiger partial charge in [0.05, 0.1) is 25.2 Å². The summed E-state index contributed by atoms with van der Waals surface area (Å²) in [6.07, 6.45) is 17.5. The van der Waals surface area contributed by atoms with Crippen LogP contribution in [0.5, 0.6) is 0 Å². The summed E-state index contributed by atoms with van der Waals surface area (Å²) in [4.78, 5) is 0. The Morgan fingerprint density at radius 1 is 0.667 bits per heavy atom. The highest BCUT2D eigenvalue weighted by molar-refractivity contribution is 4.70. The molecule has 1 fully saturated rings. The molecule has 1 aliphatic rings.